The van der Waals surface area contributed by atoms with Gasteiger partial charge in [-0.05, 0) is 25.1 Å². The molecule has 0 amide bonds. The van der Waals surface area contributed by atoms with Crippen molar-refractivity contribution < 1.29 is 14.6 Å². The van der Waals surface area contributed by atoms with Crippen molar-refractivity contribution in [3.05, 3.63) is 54.3 Å². The van der Waals surface area contributed by atoms with Gasteiger partial charge >= 0.3 is 5.97 Å². The van der Waals surface area contributed by atoms with E-state index in [1.807, 2.05) is 6.07 Å². The fourth-order valence-corrected chi connectivity index (χ4v) is 1.62. The van der Waals surface area contributed by atoms with E-state index in [9.17, 15) is 9.90 Å². The van der Waals surface area contributed by atoms with Gasteiger partial charge in [0.1, 0.15) is 5.75 Å². The first kappa shape index (κ1) is 12.9. The van der Waals surface area contributed by atoms with Crippen LogP contribution in [0.5, 0.6) is 5.75 Å². The molecule has 0 aromatic heterocycles. The van der Waals surface area contributed by atoms with E-state index in [2.05, 4.69) is 10.5 Å². The summed E-state index contributed by atoms with van der Waals surface area (Å²) in [5.74, 6) is -0.591. The Morgan fingerprint density at radius 2 is 2.11 bits per heavy atom. The second-order valence-corrected chi connectivity index (χ2v) is 4.12. The van der Waals surface area contributed by atoms with Gasteiger partial charge in [-0.2, -0.15) is 5.10 Å². The minimum absolute atomic E-state index is 0.449. The summed E-state index contributed by atoms with van der Waals surface area (Å²) in [7, 11) is 0. The summed E-state index contributed by atoms with van der Waals surface area (Å²) in [5.41, 5.74) is 1.59. The maximum absolute atomic E-state index is 11.6. The van der Waals surface area contributed by atoms with Crippen LogP contribution in [0.3, 0.4) is 0 Å². The molecule has 0 saturated carbocycles. The molecule has 1 aromatic rings. The van der Waals surface area contributed by atoms with E-state index < -0.39 is 11.6 Å². The molecule has 98 valence electrons. The number of para-hydroxylation sites is 1. The standard InChI is InChI=1S/C14H14N2O3/c1-14(13(17)18,11-6-5-9-15-16-10-11)19-12-7-3-2-4-8-12/h2-10,15H,1H3,(H,17,18). The molecule has 5 heteroatoms. The normalized spacial score (nSPS) is 16.8. The summed E-state index contributed by atoms with van der Waals surface area (Å²) < 4.78 is 5.64. The molecular weight excluding hydrogens is 244 g/mol. The molecule has 0 bridgehead atoms. The van der Waals surface area contributed by atoms with E-state index in [1.165, 1.54) is 13.1 Å². The van der Waals surface area contributed by atoms with Crippen molar-refractivity contribution in [1.29, 1.82) is 0 Å². The number of carbonyl (C=O) groups is 1. The second kappa shape index (κ2) is 5.39. The molecule has 0 aliphatic carbocycles. The Morgan fingerprint density at radius 3 is 2.79 bits per heavy atom. The molecule has 19 heavy (non-hydrogen) atoms. The molecular formula is C14H14N2O3. The minimum Gasteiger partial charge on any atom is -0.478 e. The highest BCUT2D eigenvalue weighted by Gasteiger charge is 2.39. The quantitative estimate of drug-likeness (QED) is 0.865. The van der Waals surface area contributed by atoms with Gasteiger partial charge < -0.3 is 9.84 Å². The zero-order valence-corrected chi connectivity index (χ0v) is 10.4. The number of benzene rings is 1. The number of ether oxygens (including phenoxy) is 1. The van der Waals surface area contributed by atoms with Gasteiger partial charge in [0.25, 0.3) is 0 Å². The molecule has 1 aliphatic rings. The highest BCUT2D eigenvalue weighted by atomic mass is 16.5. The molecule has 2 N–H and O–H groups in total. The minimum atomic E-state index is -1.50. The topological polar surface area (TPSA) is 70.9 Å². The Kier molecular flexibility index (Phi) is 3.66. The van der Waals surface area contributed by atoms with E-state index in [0.29, 0.717) is 11.3 Å². The maximum atomic E-state index is 11.6. The molecule has 5 nitrogen and oxygen atoms in total. The number of nitrogens with zero attached hydrogens (tertiary/aromatic N) is 1. The Balaban J connectivity index is 2.35. The summed E-state index contributed by atoms with van der Waals surface area (Å²) in [5, 5.41) is 13.3. The van der Waals surface area contributed by atoms with Gasteiger partial charge in [-0.15, -0.1) is 0 Å². The summed E-state index contributed by atoms with van der Waals surface area (Å²) in [6.45, 7) is 1.50. The molecule has 1 heterocycles. The second-order valence-electron chi connectivity index (χ2n) is 4.12. The lowest BCUT2D eigenvalue weighted by molar-refractivity contribution is -0.150. The van der Waals surface area contributed by atoms with Crippen LogP contribution in [0, 0.1) is 0 Å². The SMILES string of the molecule is CC(Oc1ccccc1)(C(=O)O)C1=CC=CNN=C1. The third-order valence-corrected chi connectivity index (χ3v) is 2.75. The molecule has 0 saturated heterocycles. The lowest BCUT2D eigenvalue weighted by Gasteiger charge is -2.27. The number of hydrogen-bond acceptors (Lipinski definition) is 4. The van der Waals surface area contributed by atoms with Gasteiger partial charge in [-0.25, -0.2) is 4.79 Å². The maximum Gasteiger partial charge on any atom is 0.352 e. The number of nitrogens with one attached hydrogen (secondary N) is 1. The molecule has 1 aromatic carbocycles. The Hall–Kier alpha value is -2.56. The summed E-state index contributed by atoms with van der Waals surface area (Å²) in [6, 6.07) is 8.83. The number of carboxylic acids is 1. The van der Waals surface area contributed by atoms with Crippen LogP contribution >= 0.6 is 0 Å². The van der Waals surface area contributed by atoms with E-state index in [-0.39, 0.29) is 0 Å². The average molecular weight is 258 g/mol. The van der Waals surface area contributed by atoms with E-state index in [4.69, 9.17) is 4.74 Å². The summed E-state index contributed by atoms with van der Waals surface area (Å²) >= 11 is 0. The summed E-state index contributed by atoms with van der Waals surface area (Å²) in [4.78, 5) is 11.6. The lowest BCUT2D eigenvalue weighted by Crippen LogP contribution is -2.44. The monoisotopic (exact) mass is 258 g/mol. The first-order chi connectivity index (χ1) is 9.13. The molecule has 1 aliphatic heterocycles. The summed E-state index contributed by atoms with van der Waals surface area (Å²) in [6.07, 6.45) is 6.38. The van der Waals surface area contributed by atoms with E-state index in [0.717, 1.165) is 0 Å². The molecule has 0 fully saturated rings. The van der Waals surface area contributed by atoms with Crippen molar-refractivity contribution in [3.63, 3.8) is 0 Å². The largest absolute Gasteiger partial charge is 0.478 e. The van der Waals surface area contributed by atoms with Crippen molar-refractivity contribution in [2.24, 2.45) is 5.10 Å². The van der Waals surface area contributed by atoms with Crippen LogP contribution in [0.4, 0.5) is 0 Å². The van der Waals surface area contributed by atoms with E-state index in [1.54, 1.807) is 42.6 Å². The molecule has 2 rings (SSSR count). The highest BCUT2D eigenvalue weighted by Crippen LogP contribution is 2.25. The van der Waals surface area contributed by atoms with E-state index >= 15 is 0 Å². The van der Waals surface area contributed by atoms with Crippen molar-refractivity contribution in [2.45, 2.75) is 12.5 Å². The lowest BCUT2D eigenvalue weighted by atomic mass is 9.95. The number of rotatable bonds is 4. The van der Waals surface area contributed by atoms with Crippen LogP contribution in [0.2, 0.25) is 0 Å². The Labute approximate surface area is 110 Å². The molecule has 0 radical (unpaired) electrons. The average Bonchev–Trinajstić information content (AvgIpc) is 2.68. The van der Waals surface area contributed by atoms with Crippen molar-refractivity contribution in [2.75, 3.05) is 0 Å². The van der Waals surface area contributed by atoms with Crippen LogP contribution in [-0.2, 0) is 4.79 Å². The van der Waals surface area contributed by atoms with Crippen LogP contribution in [0.25, 0.3) is 0 Å². The first-order valence-electron chi connectivity index (χ1n) is 5.76. The zero-order chi connectivity index (χ0) is 13.7. The van der Waals surface area contributed by atoms with Crippen LogP contribution in [-0.4, -0.2) is 22.9 Å². The van der Waals surface area contributed by atoms with Gasteiger partial charge in [-0.1, -0.05) is 24.3 Å². The molecule has 1 atom stereocenters. The Morgan fingerprint density at radius 1 is 1.37 bits per heavy atom. The van der Waals surface area contributed by atoms with Gasteiger partial charge in [0.2, 0.25) is 5.60 Å². The number of hydrogen-bond donors (Lipinski definition) is 2. The smallest absolute Gasteiger partial charge is 0.352 e. The van der Waals surface area contributed by atoms with Crippen LogP contribution < -0.4 is 10.2 Å². The number of hydrazone groups is 1. The third kappa shape index (κ3) is 2.82. The zero-order valence-electron chi connectivity index (χ0n) is 10.4. The third-order valence-electron chi connectivity index (χ3n) is 2.75. The van der Waals surface area contributed by atoms with Gasteiger partial charge in [0, 0.05) is 11.8 Å². The van der Waals surface area contributed by atoms with Crippen molar-refractivity contribution in [1.82, 2.24) is 5.43 Å². The number of aliphatic carboxylic acids is 1. The predicted molar refractivity (Wildman–Crippen MR) is 72.0 cm³/mol. The molecule has 1 unspecified atom stereocenters. The predicted octanol–water partition coefficient (Wildman–Crippen LogP) is 1.94. The molecule has 0 spiro atoms. The van der Waals surface area contributed by atoms with Gasteiger partial charge in [0.05, 0.1) is 6.21 Å². The number of allylic oxidation sites excluding steroid dienone is 2. The first-order valence-corrected chi connectivity index (χ1v) is 5.76. The van der Waals surface area contributed by atoms with Crippen LogP contribution in [0.1, 0.15) is 6.92 Å². The van der Waals surface area contributed by atoms with Gasteiger partial charge in [-0.3, -0.25) is 5.43 Å². The van der Waals surface area contributed by atoms with Crippen LogP contribution in [0.15, 0.2) is 59.4 Å². The number of carboxylic acid groups (broad SMARTS) is 1. The highest BCUT2D eigenvalue weighted by molar-refractivity contribution is 5.94. The van der Waals surface area contributed by atoms with Crippen molar-refractivity contribution in [3.8, 4) is 5.75 Å². The fraction of sp³-hybridized carbons (Fsp3) is 0.143. The fourth-order valence-electron chi connectivity index (χ4n) is 1.62. The van der Waals surface area contributed by atoms with Crippen molar-refractivity contribution >= 4 is 12.2 Å². The Bertz CT molecular complexity index is 549. The van der Waals surface area contributed by atoms with Gasteiger partial charge in [0.15, 0.2) is 0 Å².